The van der Waals surface area contributed by atoms with Crippen LogP contribution in [0.2, 0.25) is 0 Å². The summed E-state index contributed by atoms with van der Waals surface area (Å²) in [5.41, 5.74) is 2.16. The molecular formula is C15H15BrClNO. The van der Waals surface area contributed by atoms with Crippen LogP contribution in [0, 0.1) is 0 Å². The van der Waals surface area contributed by atoms with E-state index in [0.29, 0.717) is 0 Å². The number of aromatic nitrogens is 1. The summed E-state index contributed by atoms with van der Waals surface area (Å²) < 4.78 is 6.39. The van der Waals surface area contributed by atoms with E-state index in [9.17, 15) is 0 Å². The molecule has 0 bridgehead atoms. The van der Waals surface area contributed by atoms with E-state index in [1.54, 1.807) is 19.5 Å². The van der Waals surface area contributed by atoms with Gasteiger partial charge in [0.05, 0.1) is 12.5 Å². The molecule has 0 N–H and O–H groups in total. The van der Waals surface area contributed by atoms with Gasteiger partial charge in [-0.2, -0.15) is 0 Å². The lowest BCUT2D eigenvalue weighted by molar-refractivity contribution is 0.407. The molecule has 2 aromatic rings. The summed E-state index contributed by atoms with van der Waals surface area (Å²) in [5, 5.41) is -0.148. The Labute approximate surface area is 126 Å². The molecule has 1 heterocycles. The number of hydrogen-bond acceptors (Lipinski definition) is 2. The lowest BCUT2D eigenvalue weighted by atomic mass is 9.93. The molecule has 0 aliphatic heterocycles. The maximum atomic E-state index is 6.61. The van der Waals surface area contributed by atoms with Crippen LogP contribution in [0.4, 0.5) is 0 Å². The minimum atomic E-state index is -0.148. The standard InChI is InChI=1S/C15H15BrClNO/c1-10(11-5-7-18-8-6-11)15(17)13-4-3-12(16)9-14(13)19-2/h3-10,15H,1-2H3. The molecule has 0 radical (unpaired) electrons. The van der Waals surface area contributed by atoms with Gasteiger partial charge in [-0.25, -0.2) is 0 Å². The van der Waals surface area contributed by atoms with Gasteiger partial charge in [0.25, 0.3) is 0 Å². The molecule has 0 aliphatic carbocycles. The molecule has 0 saturated heterocycles. The van der Waals surface area contributed by atoms with Crippen molar-refractivity contribution in [3.05, 3.63) is 58.3 Å². The van der Waals surface area contributed by atoms with Gasteiger partial charge in [0, 0.05) is 28.3 Å². The molecule has 1 aromatic heterocycles. The summed E-state index contributed by atoms with van der Waals surface area (Å²) in [6.07, 6.45) is 3.57. The first-order valence-corrected chi connectivity index (χ1v) is 7.24. The van der Waals surface area contributed by atoms with Crippen LogP contribution in [0.5, 0.6) is 5.75 Å². The first-order valence-electron chi connectivity index (χ1n) is 6.01. The van der Waals surface area contributed by atoms with Crippen molar-refractivity contribution in [1.82, 2.24) is 4.98 Å². The lowest BCUT2D eigenvalue weighted by Gasteiger charge is -2.21. The van der Waals surface area contributed by atoms with Crippen LogP contribution in [0.25, 0.3) is 0 Å². The van der Waals surface area contributed by atoms with E-state index in [0.717, 1.165) is 15.8 Å². The second-order valence-electron chi connectivity index (χ2n) is 4.36. The zero-order valence-electron chi connectivity index (χ0n) is 10.8. The monoisotopic (exact) mass is 339 g/mol. The number of ether oxygens (including phenoxy) is 1. The van der Waals surface area contributed by atoms with Crippen molar-refractivity contribution in [3.8, 4) is 5.75 Å². The number of benzene rings is 1. The smallest absolute Gasteiger partial charge is 0.124 e. The zero-order valence-corrected chi connectivity index (χ0v) is 13.1. The third-order valence-electron chi connectivity index (χ3n) is 3.16. The van der Waals surface area contributed by atoms with Crippen molar-refractivity contribution in [2.45, 2.75) is 18.2 Å². The van der Waals surface area contributed by atoms with Gasteiger partial charge in [0.1, 0.15) is 5.75 Å². The Kier molecular flexibility index (Phi) is 4.83. The quantitative estimate of drug-likeness (QED) is 0.736. The summed E-state index contributed by atoms with van der Waals surface area (Å²) in [7, 11) is 1.66. The summed E-state index contributed by atoms with van der Waals surface area (Å²) in [6.45, 7) is 2.11. The average Bonchev–Trinajstić information content (AvgIpc) is 2.46. The number of alkyl halides is 1. The molecule has 100 valence electrons. The highest BCUT2D eigenvalue weighted by Gasteiger charge is 2.21. The van der Waals surface area contributed by atoms with Gasteiger partial charge >= 0.3 is 0 Å². The van der Waals surface area contributed by atoms with E-state index < -0.39 is 0 Å². The number of methoxy groups -OCH3 is 1. The van der Waals surface area contributed by atoms with E-state index >= 15 is 0 Å². The van der Waals surface area contributed by atoms with E-state index in [2.05, 4.69) is 27.8 Å². The van der Waals surface area contributed by atoms with Crippen LogP contribution in [0.15, 0.2) is 47.2 Å². The van der Waals surface area contributed by atoms with Crippen LogP contribution < -0.4 is 4.74 Å². The molecule has 2 rings (SSSR count). The van der Waals surface area contributed by atoms with Crippen LogP contribution >= 0.6 is 27.5 Å². The molecule has 0 amide bonds. The molecule has 0 fully saturated rings. The van der Waals surface area contributed by atoms with E-state index in [1.165, 1.54) is 5.56 Å². The van der Waals surface area contributed by atoms with Crippen molar-refractivity contribution >= 4 is 27.5 Å². The van der Waals surface area contributed by atoms with Crippen molar-refractivity contribution in [3.63, 3.8) is 0 Å². The molecule has 19 heavy (non-hydrogen) atoms. The number of rotatable bonds is 4. The van der Waals surface area contributed by atoms with Crippen LogP contribution in [-0.4, -0.2) is 12.1 Å². The highest BCUT2D eigenvalue weighted by molar-refractivity contribution is 9.10. The predicted octanol–water partition coefficient (Wildman–Crippen LogP) is 4.94. The molecule has 1 aromatic carbocycles. The Bertz CT molecular complexity index is 547. The van der Waals surface area contributed by atoms with Gasteiger partial charge < -0.3 is 4.74 Å². The largest absolute Gasteiger partial charge is 0.496 e. The van der Waals surface area contributed by atoms with Gasteiger partial charge in [-0.1, -0.05) is 28.9 Å². The van der Waals surface area contributed by atoms with Gasteiger partial charge in [0.2, 0.25) is 0 Å². The maximum Gasteiger partial charge on any atom is 0.124 e. The highest BCUT2D eigenvalue weighted by atomic mass is 79.9. The molecule has 2 nitrogen and oxygen atoms in total. The Morgan fingerprint density at radius 2 is 1.89 bits per heavy atom. The lowest BCUT2D eigenvalue weighted by Crippen LogP contribution is -2.04. The second-order valence-corrected chi connectivity index (χ2v) is 5.74. The highest BCUT2D eigenvalue weighted by Crippen LogP contribution is 2.40. The van der Waals surface area contributed by atoms with Crippen LogP contribution in [-0.2, 0) is 0 Å². The Balaban J connectivity index is 2.31. The predicted molar refractivity (Wildman–Crippen MR) is 81.9 cm³/mol. The number of pyridine rings is 1. The van der Waals surface area contributed by atoms with Gasteiger partial charge in [-0.05, 0) is 29.8 Å². The fourth-order valence-corrected chi connectivity index (χ4v) is 2.68. The van der Waals surface area contributed by atoms with E-state index in [-0.39, 0.29) is 11.3 Å². The second kappa shape index (κ2) is 6.40. The molecule has 4 heteroatoms. The summed E-state index contributed by atoms with van der Waals surface area (Å²) in [4.78, 5) is 4.03. The maximum absolute atomic E-state index is 6.61. The molecule has 0 aliphatic rings. The Hall–Kier alpha value is -1.06. The van der Waals surface area contributed by atoms with Gasteiger partial charge in [-0.15, -0.1) is 11.6 Å². The fourth-order valence-electron chi connectivity index (χ4n) is 2.02. The third-order valence-corrected chi connectivity index (χ3v) is 4.27. The third kappa shape index (κ3) is 3.28. The van der Waals surface area contributed by atoms with Crippen molar-refractivity contribution in [1.29, 1.82) is 0 Å². The number of nitrogens with zero attached hydrogens (tertiary/aromatic N) is 1. The number of halogens is 2. The molecule has 0 spiro atoms. The topological polar surface area (TPSA) is 22.1 Å². The summed E-state index contributed by atoms with van der Waals surface area (Å²) in [6, 6.07) is 9.89. The first-order chi connectivity index (χ1) is 9.13. The molecule has 2 unspecified atom stereocenters. The number of hydrogen-bond donors (Lipinski definition) is 0. The molecular weight excluding hydrogens is 326 g/mol. The van der Waals surface area contributed by atoms with Crippen molar-refractivity contribution in [2.24, 2.45) is 0 Å². The van der Waals surface area contributed by atoms with Gasteiger partial charge in [-0.3, -0.25) is 4.98 Å². The normalized spacial score (nSPS) is 13.9. The SMILES string of the molecule is COc1cc(Br)ccc1C(Cl)C(C)c1ccncc1. The molecule has 0 saturated carbocycles. The van der Waals surface area contributed by atoms with Gasteiger partial charge in [0.15, 0.2) is 0 Å². The Morgan fingerprint density at radius 1 is 1.21 bits per heavy atom. The fraction of sp³-hybridized carbons (Fsp3) is 0.267. The Morgan fingerprint density at radius 3 is 2.53 bits per heavy atom. The van der Waals surface area contributed by atoms with E-state index in [1.807, 2.05) is 30.3 Å². The molecule has 2 atom stereocenters. The van der Waals surface area contributed by atoms with Crippen LogP contribution in [0.1, 0.15) is 29.3 Å². The minimum Gasteiger partial charge on any atom is -0.496 e. The van der Waals surface area contributed by atoms with E-state index in [4.69, 9.17) is 16.3 Å². The minimum absolute atomic E-state index is 0.148. The van der Waals surface area contributed by atoms with Crippen LogP contribution in [0.3, 0.4) is 0 Å². The first kappa shape index (κ1) is 14.4. The average molecular weight is 341 g/mol. The zero-order chi connectivity index (χ0) is 13.8. The van der Waals surface area contributed by atoms with Crippen molar-refractivity contribution in [2.75, 3.05) is 7.11 Å². The van der Waals surface area contributed by atoms with Crippen molar-refractivity contribution < 1.29 is 4.74 Å². The summed E-state index contributed by atoms with van der Waals surface area (Å²) >= 11 is 10.0. The summed E-state index contributed by atoms with van der Waals surface area (Å²) in [5.74, 6) is 0.982.